The Labute approximate surface area is 163 Å². The Morgan fingerprint density at radius 3 is 2.56 bits per heavy atom. The number of thioether (sulfide) groups is 1. The number of ether oxygens (including phenoxy) is 2. The number of methoxy groups -OCH3 is 2. The van der Waals surface area contributed by atoms with Crippen molar-refractivity contribution in [1.29, 1.82) is 0 Å². The van der Waals surface area contributed by atoms with E-state index in [2.05, 4.69) is 4.72 Å². The third kappa shape index (κ3) is 5.68. The van der Waals surface area contributed by atoms with Crippen molar-refractivity contribution in [2.75, 3.05) is 39.7 Å². The van der Waals surface area contributed by atoms with Crippen molar-refractivity contribution in [2.24, 2.45) is 0 Å². The summed E-state index contributed by atoms with van der Waals surface area (Å²) in [6.45, 7) is 2.74. The summed E-state index contributed by atoms with van der Waals surface area (Å²) < 4.78 is 36.8. The van der Waals surface area contributed by atoms with E-state index in [1.165, 1.54) is 50.2 Å². The average molecular weight is 417 g/mol. The normalized spacial score (nSPS) is 18.8. The summed E-state index contributed by atoms with van der Waals surface area (Å²) in [5, 5.41) is -0.404. The molecule has 0 aliphatic carbocycles. The Bertz CT molecular complexity index is 766. The van der Waals surface area contributed by atoms with Crippen LogP contribution in [0.25, 0.3) is 0 Å². The number of carbonyl (C=O) groups is 2. The number of nitrogens with one attached hydrogen (secondary N) is 1. The number of rotatable bonds is 7. The van der Waals surface area contributed by atoms with E-state index in [1.807, 2.05) is 0 Å². The van der Waals surface area contributed by atoms with Crippen LogP contribution in [0.4, 0.5) is 0 Å². The summed E-state index contributed by atoms with van der Waals surface area (Å²) >= 11 is 1.46. The first-order valence-electron chi connectivity index (χ1n) is 8.38. The molecule has 1 saturated heterocycles. The highest BCUT2D eigenvalue weighted by Crippen LogP contribution is 2.22. The lowest BCUT2D eigenvalue weighted by Gasteiger charge is -2.31. The SMILES string of the molecule is COC[C@@H](C)NS(=O)(=O)c1ccc(C(=O)N2CCS[C@@H](C(=O)OC)C2)cc1. The van der Waals surface area contributed by atoms with Crippen LogP contribution in [0, 0.1) is 0 Å². The largest absolute Gasteiger partial charge is 0.468 e. The molecular formula is C17H24N2O6S2. The predicted molar refractivity (Wildman–Crippen MR) is 102 cm³/mol. The highest BCUT2D eigenvalue weighted by atomic mass is 32.2. The van der Waals surface area contributed by atoms with E-state index in [0.29, 0.717) is 17.9 Å². The molecule has 0 spiro atoms. The lowest BCUT2D eigenvalue weighted by molar-refractivity contribution is -0.140. The first-order chi connectivity index (χ1) is 12.8. The van der Waals surface area contributed by atoms with E-state index in [9.17, 15) is 18.0 Å². The van der Waals surface area contributed by atoms with E-state index in [-0.39, 0.29) is 36.0 Å². The van der Waals surface area contributed by atoms with Gasteiger partial charge in [0.25, 0.3) is 5.91 Å². The second-order valence-electron chi connectivity index (χ2n) is 6.14. The van der Waals surface area contributed by atoms with Crippen molar-refractivity contribution < 1.29 is 27.5 Å². The van der Waals surface area contributed by atoms with Crippen molar-refractivity contribution in [3.63, 3.8) is 0 Å². The van der Waals surface area contributed by atoms with Gasteiger partial charge in [0.15, 0.2) is 0 Å². The summed E-state index contributed by atoms with van der Waals surface area (Å²) in [5.74, 6) is 0.0447. The minimum atomic E-state index is -3.69. The molecule has 10 heteroatoms. The lowest BCUT2D eigenvalue weighted by Crippen LogP contribution is -2.45. The van der Waals surface area contributed by atoms with Gasteiger partial charge in [-0.2, -0.15) is 0 Å². The van der Waals surface area contributed by atoms with E-state index in [0.717, 1.165) is 0 Å². The third-order valence-electron chi connectivity index (χ3n) is 4.00. The van der Waals surface area contributed by atoms with Gasteiger partial charge in [0.2, 0.25) is 10.0 Å². The third-order valence-corrected chi connectivity index (χ3v) is 6.77. The molecule has 0 radical (unpaired) electrons. The predicted octanol–water partition coefficient (Wildman–Crippen LogP) is 0.730. The molecule has 150 valence electrons. The molecule has 1 N–H and O–H groups in total. The maximum Gasteiger partial charge on any atom is 0.320 e. The Hall–Kier alpha value is -1.62. The molecule has 0 unspecified atom stereocenters. The number of hydrogen-bond donors (Lipinski definition) is 1. The van der Waals surface area contributed by atoms with Crippen LogP contribution in [-0.2, 0) is 24.3 Å². The molecule has 1 aliphatic heterocycles. The van der Waals surface area contributed by atoms with Crippen LogP contribution in [0.2, 0.25) is 0 Å². The Balaban J connectivity index is 2.08. The molecule has 0 aromatic heterocycles. The first-order valence-corrected chi connectivity index (χ1v) is 10.9. The van der Waals surface area contributed by atoms with Crippen LogP contribution < -0.4 is 4.72 Å². The zero-order valence-electron chi connectivity index (χ0n) is 15.5. The van der Waals surface area contributed by atoms with Crippen molar-refractivity contribution in [2.45, 2.75) is 23.1 Å². The molecular weight excluding hydrogens is 392 g/mol. The van der Waals surface area contributed by atoms with Crippen molar-refractivity contribution in [3.8, 4) is 0 Å². The van der Waals surface area contributed by atoms with Gasteiger partial charge in [0, 0.05) is 37.6 Å². The second kappa shape index (κ2) is 9.54. The van der Waals surface area contributed by atoms with Crippen LogP contribution in [-0.4, -0.2) is 76.2 Å². The monoisotopic (exact) mass is 416 g/mol. The number of benzene rings is 1. The summed E-state index contributed by atoms with van der Waals surface area (Å²) in [6, 6.07) is 5.37. The van der Waals surface area contributed by atoms with Gasteiger partial charge in [-0.3, -0.25) is 9.59 Å². The van der Waals surface area contributed by atoms with Gasteiger partial charge < -0.3 is 14.4 Å². The maximum absolute atomic E-state index is 12.7. The maximum atomic E-state index is 12.7. The highest BCUT2D eigenvalue weighted by Gasteiger charge is 2.30. The summed E-state index contributed by atoms with van der Waals surface area (Å²) in [5.41, 5.74) is 0.370. The smallest absolute Gasteiger partial charge is 0.320 e. The molecule has 1 heterocycles. The molecule has 2 atom stereocenters. The van der Waals surface area contributed by atoms with Gasteiger partial charge in [0.1, 0.15) is 5.25 Å². The molecule has 1 aromatic rings. The van der Waals surface area contributed by atoms with Crippen molar-refractivity contribution in [3.05, 3.63) is 29.8 Å². The van der Waals surface area contributed by atoms with E-state index < -0.39 is 15.3 Å². The van der Waals surface area contributed by atoms with Crippen LogP contribution in [0.5, 0.6) is 0 Å². The van der Waals surface area contributed by atoms with Crippen LogP contribution >= 0.6 is 11.8 Å². The fraction of sp³-hybridized carbons (Fsp3) is 0.529. The number of esters is 1. The van der Waals surface area contributed by atoms with Gasteiger partial charge in [-0.1, -0.05) is 0 Å². The number of amides is 1. The number of sulfonamides is 1. The average Bonchev–Trinajstić information content (AvgIpc) is 2.66. The molecule has 1 fully saturated rings. The zero-order valence-corrected chi connectivity index (χ0v) is 17.1. The quantitative estimate of drug-likeness (QED) is 0.654. The zero-order chi connectivity index (χ0) is 20.0. The Kier molecular flexibility index (Phi) is 7.66. The van der Waals surface area contributed by atoms with E-state index in [1.54, 1.807) is 11.8 Å². The molecule has 1 amide bonds. The van der Waals surface area contributed by atoms with Gasteiger partial charge >= 0.3 is 5.97 Å². The van der Waals surface area contributed by atoms with Gasteiger partial charge in [-0.15, -0.1) is 11.8 Å². The standard InChI is InChI=1S/C17H24N2O6S2/c1-12(11-24-2)18-27(22,23)14-6-4-13(5-7-14)16(20)19-8-9-26-15(10-19)17(21)25-3/h4-7,12,15,18H,8-11H2,1-3H3/t12-,15-/m1/s1. The molecule has 0 bridgehead atoms. The van der Waals surface area contributed by atoms with Gasteiger partial charge in [0.05, 0.1) is 18.6 Å². The fourth-order valence-corrected chi connectivity index (χ4v) is 5.04. The van der Waals surface area contributed by atoms with Crippen LogP contribution in [0.15, 0.2) is 29.2 Å². The first kappa shape index (κ1) is 21.7. The van der Waals surface area contributed by atoms with Crippen molar-refractivity contribution >= 4 is 33.7 Å². The molecule has 1 aromatic carbocycles. The topological polar surface area (TPSA) is 102 Å². The number of nitrogens with zero attached hydrogens (tertiary/aromatic N) is 1. The van der Waals surface area contributed by atoms with Gasteiger partial charge in [-0.05, 0) is 31.2 Å². The number of hydrogen-bond acceptors (Lipinski definition) is 7. The molecule has 27 heavy (non-hydrogen) atoms. The van der Waals surface area contributed by atoms with E-state index >= 15 is 0 Å². The van der Waals surface area contributed by atoms with Crippen LogP contribution in [0.3, 0.4) is 0 Å². The molecule has 2 rings (SSSR count). The number of carbonyl (C=O) groups excluding carboxylic acids is 2. The summed E-state index contributed by atoms with van der Waals surface area (Å²) in [6.07, 6.45) is 0. The summed E-state index contributed by atoms with van der Waals surface area (Å²) in [7, 11) is -0.873. The molecule has 8 nitrogen and oxygen atoms in total. The molecule has 0 saturated carbocycles. The van der Waals surface area contributed by atoms with Gasteiger partial charge in [-0.25, -0.2) is 13.1 Å². The minimum absolute atomic E-state index is 0.0728. The lowest BCUT2D eigenvalue weighted by atomic mass is 10.2. The minimum Gasteiger partial charge on any atom is -0.468 e. The Morgan fingerprint density at radius 1 is 1.30 bits per heavy atom. The highest BCUT2D eigenvalue weighted by molar-refractivity contribution is 8.00. The summed E-state index contributed by atoms with van der Waals surface area (Å²) in [4.78, 5) is 26.0. The fourth-order valence-electron chi connectivity index (χ4n) is 2.68. The second-order valence-corrected chi connectivity index (χ2v) is 9.16. The molecule has 1 aliphatic rings. The van der Waals surface area contributed by atoms with E-state index in [4.69, 9.17) is 9.47 Å². The Morgan fingerprint density at radius 2 is 1.96 bits per heavy atom. The van der Waals surface area contributed by atoms with Crippen molar-refractivity contribution in [1.82, 2.24) is 9.62 Å². The van der Waals surface area contributed by atoms with Crippen LogP contribution in [0.1, 0.15) is 17.3 Å².